The van der Waals surface area contributed by atoms with Gasteiger partial charge >= 0.3 is 0 Å². The van der Waals surface area contributed by atoms with Crippen molar-refractivity contribution in [3.05, 3.63) is 60.3 Å². The van der Waals surface area contributed by atoms with E-state index in [1.54, 1.807) is 42.5 Å². The van der Waals surface area contributed by atoms with Crippen LogP contribution in [-0.2, 0) is 0 Å². The van der Waals surface area contributed by atoms with Gasteiger partial charge in [0.25, 0.3) is 5.91 Å². The van der Waals surface area contributed by atoms with Crippen molar-refractivity contribution in [2.45, 2.75) is 0 Å². The molecule has 0 unspecified atom stereocenters. The molecule has 0 saturated carbocycles. The Balaban J connectivity index is 1.99. The number of aromatic hydroxyl groups is 1. The lowest BCUT2D eigenvalue weighted by molar-refractivity contribution is 0.102. The number of carbonyl (C=O) groups excluding carboxylic acids is 1. The Morgan fingerprint density at radius 3 is 2.27 bits per heavy atom. The van der Waals surface area contributed by atoms with Crippen molar-refractivity contribution in [3.63, 3.8) is 0 Å². The van der Waals surface area contributed by atoms with Crippen molar-refractivity contribution in [2.75, 3.05) is 25.3 Å². The van der Waals surface area contributed by atoms with E-state index in [-0.39, 0.29) is 17.1 Å². The maximum atomic E-state index is 12.5. The SMILES string of the molecule is COc1cc(OC)cc(-n2cc(O)c(C(=O)Nc3ccccc3)c2N)c1. The summed E-state index contributed by atoms with van der Waals surface area (Å²) >= 11 is 0. The Bertz CT molecular complexity index is 913. The molecule has 0 fully saturated rings. The molecule has 1 amide bonds. The molecule has 0 aliphatic carbocycles. The number of ether oxygens (including phenoxy) is 2. The van der Waals surface area contributed by atoms with Crippen molar-refractivity contribution in [1.82, 2.24) is 4.57 Å². The minimum atomic E-state index is -0.500. The van der Waals surface area contributed by atoms with Crippen LogP contribution in [0.4, 0.5) is 11.5 Å². The summed E-state index contributed by atoms with van der Waals surface area (Å²) in [6.07, 6.45) is 1.38. The third-order valence-electron chi connectivity index (χ3n) is 3.90. The number of methoxy groups -OCH3 is 2. The van der Waals surface area contributed by atoms with E-state index in [4.69, 9.17) is 15.2 Å². The smallest absolute Gasteiger partial charge is 0.263 e. The molecule has 0 aliphatic heterocycles. The fourth-order valence-corrected chi connectivity index (χ4v) is 2.60. The highest BCUT2D eigenvalue weighted by Gasteiger charge is 2.21. The van der Waals surface area contributed by atoms with E-state index in [1.807, 2.05) is 6.07 Å². The fourth-order valence-electron chi connectivity index (χ4n) is 2.60. The van der Waals surface area contributed by atoms with Gasteiger partial charge in [-0.2, -0.15) is 0 Å². The van der Waals surface area contributed by atoms with Crippen molar-refractivity contribution in [1.29, 1.82) is 0 Å². The molecule has 3 rings (SSSR count). The molecule has 4 N–H and O–H groups in total. The van der Waals surface area contributed by atoms with E-state index in [2.05, 4.69) is 5.32 Å². The first kappa shape index (κ1) is 17.2. The first-order valence-corrected chi connectivity index (χ1v) is 7.83. The number of nitrogens with two attached hydrogens (primary N) is 1. The largest absolute Gasteiger partial charge is 0.505 e. The van der Waals surface area contributed by atoms with Gasteiger partial charge < -0.3 is 25.6 Å². The highest BCUT2D eigenvalue weighted by Crippen LogP contribution is 2.33. The number of nitrogens with one attached hydrogen (secondary N) is 1. The summed E-state index contributed by atoms with van der Waals surface area (Å²) in [5, 5.41) is 13.0. The number of carbonyl (C=O) groups is 1. The monoisotopic (exact) mass is 353 g/mol. The van der Waals surface area contributed by atoms with Gasteiger partial charge in [-0.1, -0.05) is 18.2 Å². The van der Waals surface area contributed by atoms with Crippen molar-refractivity contribution < 1.29 is 19.4 Å². The first-order valence-electron chi connectivity index (χ1n) is 7.83. The maximum absolute atomic E-state index is 12.5. The van der Waals surface area contributed by atoms with Crippen LogP contribution in [0.15, 0.2) is 54.7 Å². The lowest BCUT2D eigenvalue weighted by Gasteiger charge is -2.11. The highest BCUT2D eigenvalue weighted by molar-refractivity contribution is 6.09. The number of rotatable bonds is 5. The number of nitrogen functional groups attached to an aromatic ring is 1. The molecule has 0 atom stereocenters. The zero-order valence-electron chi connectivity index (χ0n) is 14.4. The van der Waals surface area contributed by atoms with E-state index in [0.717, 1.165) is 0 Å². The summed E-state index contributed by atoms with van der Waals surface area (Å²) in [5.41, 5.74) is 7.32. The van der Waals surface area contributed by atoms with Crippen LogP contribution < -0.4 is 20.5 Å². The summed E-state index contributed by atoms with van der Waals surface area (Å²) in [4.78, 5) is 12.5. The van der Waals surface area contributed by atoms with Gasteiger partial charge in [0, 0.05) is 23.9 Å². The third-order valence-corrected chi connectivity index (χ3v) is 3.90. The Kier molecular flexibility index (Phi) is 4.70. The van der Waals surface area contributed by atoms with Crippen molar-refractivity contribution >= 4 is 17.4 Å². The predicted molar refractivity (Wildman–Crippen MR) is 99.3 cm³/mol. The molecule has 0 aliphatic rings. The van der Waals surface area contributed by atoms with Crippen LogP contribution in [0.25, 0.3) is 5.69 Å². The number of para-hydroxylation sites is 1. The summed E-state index contributed by atoms with van der Waals surface area (Å²) in [6, 6.07) is 14.1. The fraction of sp³-hybridized carbons (Fsp3) is 0.105. The zero-order chi connectivity index (χ0) is 18.7. The Hall–Kier alpha value is -3.61. The average molecular weight is 353 g/mol. The van der Waals surface area contributed by atoms with Gasteiger partial charge in [0.2, 0.25) is 0 Å². The molecule has 1 aromatic heterocycles. The molecule has 0 spiro atoms. The van der Waals surface area contributed by atoms with Crippen molar-refractivity contribution in [3.8, 4) is 22.9 Å². The Labute approximate surface area is 150 Å². The maximum Gasteiger partial charge on any atom is 0.263 e. The third kappa shape index (κ3) is 3.27. The summed E-state index contributed by atoms with van der Waals surface area (Å²) in [5.74, 6) is 0.494. The normalized spacial score (nSPS) is 10.4. The van der Waals surface area contributed by atoms with Crippen LogP contribution in [0.2, 0.25) is 0 Å². The van der Waals surface area contributed by atoms with Crippen LogP contribution in [0.1, 0.15) is 10.4 Å². The lowest BCUT2D eigenvalue weighted by atomic mass is 10.2. The number of anilines is 2. The molecule has 0 saturated heterocycles. The van der Waals surface area contributed by atoms with Crippen LogP contribution >= 0.6 is 0 Å². The van der Waals surface area contributed by atoms with Gasteiger partial charge in [0.15, 0.2) is 0 Å². The van der Waals surface area contributed by atoms with Gasteiger partial charge in [0.1, 0.15) is 28.6 Å². The average Bonchev–Trinajstić information content (AvgIpc) is 2.96. The second-order valence-corrected chi connectivity index (χ2v) is 5.54. The predicted octanol–water partition coefficient (Wildman–Crippen LogP) is 3.03. The number of hydrogen-bond acceptors (Lipinski definition) is 5. The van der Waals surface area contributed by atoms with Gasteiger partial charge in [0.05, 0.1) is 26.1 Å². The van der Waals surface area contributed by atoms with Crippen LogP contribution in [-0.4, -0.2) is 29.8 Å². The lowest BCUT2D eigenvalue weighted by Crippen LogP contribution is -2.14. The minimum absolute atomic E-state index is 0.00404. The van der Waals surface area contributed by atoms with Crippen LogP contribution in [0.3, 0.4) is 0 Å². The van der Waals surface area contributed by atoms with E-state index in [1.165, 1.54) is 25.0 Å². The molecule has 7 nitrogen and oxygen atoms in total. The molecular formula is C19H19N3O4. The standard InChI is InChI=1S/C19H19N3O4/c1-25-14-8-13(9-15(10-14)26-2)22-11-16(23)17(18(22)20)19(24)21-12-6-4-3-5-7-12/h3-11,23H,20H2,1-2H3,(H,21,24). The second-order valence-electron chi connectivity index (χ2n) is 5.54. The summed E-state index contributed by atoms with van der Waals surface area (Å²) in [6.45, 7) is 0. The molecule has 7 heteroatoms. The number of benzene rings is 2. The molecule has 2 aromatic carbocycles. The Morgan fingerprint density at radius 1 is 1.08 bits per heavy atom. The van der Waals surface area contributed by atoms with Crippen LogP contribution in [0, 0.1) is 0 Å². The number of aromatic nitrogens is 1. The summed E-state index contributed by atoms with van der Waals surface area (Å²) in [7, 11) is 3.07. The first-order chi connectivity index (χ1) is 12.5. The van der Waals surface area contributed by atoms with Crippen LogP contribution in [0.5, 0.6) is 17.2 Å². The van der Waals surface area contributed by atoms with Gasteiger partial charge in [-0.05, 0) is 12.1 Å². The molecule has 0 bridgehead atoms. The van der Waals surface area contributed by atoms with Gasteiger partial charge in [-0.3, -0.25) is 9.36 Å². The molecule has 26 heavy (non-hydrogen) atoms. The number of amides is 1. The molecule has 1 heterocycles. The second kappa shape index (κ2) is 7.10. The van der Waals surface area contributed by atoms with Gasteiger partial charge in [-0.15, -0.1) is 0 Å². The van der Waals surface area contributed by atoms with E-state index >= 15 is 0 Å². The molecular weight excluding hydrogens is 334 g/mol. The topological polar surface area (TPSA) is 98.7 Å². The number of hydrogen-bond donors (Lipinski definition) is 3. The summed E-state index contributed by atoms with van der Waals surface area (Å²) < 4.78 is 12.0. The van der Waals surface area contributed by atoms with Crippen molar-refractivity contribution in [2.24, 2.45) is 0 Å². The van der Waals surface area contributed by atoms with E-state index in [0.29, 0.717) is 22.9 Å². The molecule has 134 valence electrons. The highest BCUT2D eigenvalue weighted by atomic mass is 16.5. The molecule has 0 radical (unpaired) electrons. The quantitative estimate of drug-likeness (QED) is 0.655. The van der Waals surface area contributed by atoms with Gasteiger partial charge in [-0.25, -0.2) is 0 Å². The van der Waals surface area contributed by atoms with E-state index < -0.39 is 5.91 Å². The Morgan fingerprint density at radius 2 is 1.69 bits per heavy atom. The number of nitrogens with zero attached hydrogens (tertiary/aromatic N) is 1. The molecule has 3 aromatic rings. The zero-order valence-corrected chi connectivity index (χ0v) is 14.4. The van der Waals surface area contributed by atoms with E-state index in [9.17, 15) is 9.90 Å². The minimum Gasteiger partial charge on any atom is -0.505 e.